The number of alkyl carbamates (subject to hydrolysis) is 3. The zero-order valence-electron chi connectivity index (χ0n) is 87.7. The molecule has 41 nitrogen and oxygen atoms in total. The van der Waals surface area contributed by atoms with Gasteiger partial charge in [-0.3, -0.25) is 4.99 Å². The number of fused-ring (bicyclic) bond motifs is 6. The number of ether oxygens (including phenoxy) is 9. The fourth-order valence-corrected chi connectivity index (χ4v) is 23.8. The van der Waals surface area contributed by atoms with E-state index in [1.54, 1.807) is 12.3 Å². The maximum Gasteiger partial charge on any atom is 0.407 e. The zero-order chi connectivity index (χ0) is 102. The molecule has 0 radical (unpaired) electrons. The Morgan fingerprint density at radius 2 is 0.782 bits per heavy atom. The molecule has 0 aromatic carbocycles. The summed E-state index contributed by atoms with van der Waals surface area (Å²) in [6.45, 7) is 49.6. The summed E-state index contributed by atoms with van der Waals surface area (Å²) in [6.07, 6.45) is 23.9. The number of amidine groups is 1. The van der Waals surface area contributed by atoms with Crippen LogP contribution in [-0.4, -0.2) is 273 Å². The highest BCUT2D eigenvalue weighted by molar-refractivity contribution is 5.99. The lowest BCUT2D eigenvalue weighted by Gasteiger charge is -2.42. The molecule has 23 rings (SSSR count). The van der Waals surface area contributed by atoms with Gasteiger partial charge < -0.3 is 103 Å². The molecule has 0 saturated carbocycles. The van der Waals surface area contributed by atoms with Crippen molar-refractivity contribution in [3.8, 4) is 11.5 Å². The topological polar surface area (TPSA) is 417 Å². The summed E-state index contributed by atoms with van der Waals surface area (Å²) in [4.78, 5) is 113. The van der Waals surface area contributed by atoms with Gasteiger partial charge in [-0.05, 0) is 235 Å². The predicted molar refractivity (Wildman–Crippen MR) is 556 cm³/mol. The average molecular weight is 2020 g/mol. The highest BCUT2D eigenvalue weighted by atomic mass is 16.6. The summed E-state index contributed by atoms with van der Waals surface area (Å²) in [7, 11) is 0. The van der Waals surface area contributed by atoms with Crippen molar-refractivity contribution in [3.63, 3.8) is 0 Å². The predicted octanol–water partition coefficient (Wildman–Crippen LogP) is 16.7. The van der Waals surface area contributed by atoms with Gasteiger partial charge in [0.15, 0.2) is 81.1 Å². The number of aromatic amines is 1. The molecular weight excluding hydrogens is 1870 g/mol. The van der Waals surface area contributed by atoms with E-state index >= 15 is 0 Å². The van der Waals surface area contributed by atoms with Crippen molar-refractivity contribution in [1.29, 1.82) is 0 Å². The van der Waals surface area contributed by atoms with Crippen molar-refractivity contribution in [2.24, 2.45) is 21.2 Å². The number of piperidine rings is 3. The number of nitrogens with zero attached hydrogens (tertiary/aromatic N) is 24. The van der Waals surface area contributed by atoms with Crippen LogP contribution in [-0.2, 0) is 42.6 Å². The Bertz CT molecular complexity index is 6520. The molecule has 10 aromatic rings. The number of hydrogen-bond acceptors (Lipinski definition) is 33. The Hall–Kier alpha value is -12.4. The molecule has 3 spiro atoms. The number of hydrogen-bond donors (Lipinski definition) is 5. The van der Waals surface area contributed by atoms with Crippen LogP contribution >= 0.6 is 0 Å². The third-order valence-electron chi connectivity index (χ3n) is 31.8. The second-order valence-electron chi connectivity index (χ2n) is 45.4. The van der Waals surface area contributed by atoms with Crippen LogP contribution in [0.25, 0.3) is 49.9 Å². The first-order valence-electron chi connectivity index (χ1n) is 53.4. The van der Waals surface area contributed by atoms with E-state index in [1.165, 1.54) is 0 Å². The highest BCUT2D eigenvalue weighted by Crippen LogP contribution is 2.51. The van der Waals surface area contributed by atoms with Gasteiger partial charge in [-0.25, -0.2) is 73.3 Å². The Morgan fingerprint density at radius 1 is 0.429 bits per heavy atom. The van der Waals surface area contributed by atoms with E-state index < -0.39 is 35.1 Å². The smallest absolute Gasteiger partial charge is 0.407 e. The fourth-order valence-electron chi connectivity index (χ4n) is 23.8. The molecule has 0 bridgehead atoms. The highest BCUT2D eigenvalue weighted by Gasteiger charge is 2.55. The van der Waals surface area contributed by atoms with E-state index in [0.717, 1.165) is 308 Å². The van der Waals surface area contributed by atoms with Gasteiger partial charge in [0.1, 0.15) is 51.5 Å². The quantitative estimate of drug-likeness (QED) is 0.0498. The summed E-state index contributed by atoms with van der Waals surface area (Å²) >= 11 is 0. The van der Waals surface area contributed by atoms with E-state index in [-0.39, 0.29) is 77.3 Å². The first kappa shape index (κ1) is 101. The fraction of sp³-hybridized carbons (Fsp3) is 0.642. The summed E-state index contributed by atoms with van der Waals surface area (Å²) in [6, 6.07) is 11.7. The molecule has 13 aliphatic rings. The molecule has 10 aromatic heterocycles. The van der Waals surface area contributed by atoms with E-state index in [4.69, 9.17) is 104 Å². The number of aliphatic imine (C=N–C) groups is 1. The van der Waals surface area contributed by atoms with Gasteiger partial charge >= 0.3 is 18.3 Å². The minimum atomic E-state index is -0.565. The third kappa shape index (κ3) is 20.6. The van der Waals surface area contributed by atoms with Crippen LogP contribution in [0.15, 0.2) is 72.4 Å². The van der Waals surface area contributed by atoms with Crippen LogP contribution in [0.2, 0.25) is 0 Å². The standard InChI is InChI=1S/C36H50N10O4.C36H48N10O4.C34H45N9O4/c2*1-22-11-16-45(25-10-9-24(40-28(22)25)31-37-14-15-38-31)33-29-32(46(43-33)27-8-6-7-19-48-27)41-26(20-39-29)44-17-12-36(13-18-44)21-49-23(2)30(36)42-34(47)50-35(3,4)5;1-21-12-15-42(23-10-11-24(35-6)37-27(21)23)31-28-30(43(40-31)26-9-7-8-18-45-26)38-25(19-36-28)41-16-13-34(14-17-41)20-46-22(2)29(34)39-32(44)47-33(3,4)5/h9-10,20,22-23,27,30H,6-8,11-19,21H2,1-5H3,(H,37,38)(H,42,47);9-10,14-15,20,22-23,27,30H,6-8,11-13,16-19,21H2,1-5H3,(H,37,38)(H,42,47);10-11,19,21-22,26,29H,7-9,12-18,20H2,1-5H3,(H,39,44)/t2*22-,23-,27?,30+;21-,22-,26?,29+/m000/s1. The molecule has 41 heteroatoms. The van der Waals surface area contributed by atoms with Crippen molar-refractivity contribution < 1.29 is 57.0 Å². The first-order valence-corrected chi connectivity index (χ1v) is 53.4. The number of anilines is 9. The van der Waals surface area contributed by atoms with Crippen LogP contribution in [0.1, 0.15) is 279 Å². The summed E-state index contributed by atoms with van der Waals surface area (Å²) in [5.74, 6) is 7.62. The molecule has 13 aliphatic heterocycles. The number of aromatic nitrogens is 17. The number of carbonyl (C=O) groups is 3. The maximum absolute atomic E-state index is 12.8. The molecule has 3 unspecified atom stereocenters. The van der Waals surface area contributed by atoms with Crippen molar-refractivity contribution in [2.75, 3.05) is 141 Å². The number of carbonyl (C=O) groups excluding carboxylic acids is 3. The minimum absolute atomic E-state index is 0.0914. The second kappa shape index (κ2) is 40.9. The Balaban J connectivity index is 0.000000129. The number of pyridine rings is 3. The Kier molecular flexibility index (Phi) is 28.0. The van der Waals surface area contributed by atoms with E-state index in [1.807, 2.05) is 134 Å². The SMILES string of the molecule is C[C@@H]1OCC2(CCN(c3cnc4c(N5CC[C@H](C)c6nc(-c7ncc[nH]7)ccc65)nn(C5CCCCO5)c4n3)CC2)[C@@H]1NC(=O)OC(C)(C)C.C[C@@H]1OCC2(CCN(c3cnc4c(N5CC[C@H](C)c6nc(C7=NCCN7)ccc65)nn(C5CCCCO5)c4n3)CC2)[C@@H]1NC(=O)OC(C)(C)C.[C-]#[N+]c1ccc2c(n1)[C@@H](C)CCN2c1nn(C2CCCCO2)c2nc(N3CCC4(CC3)CO[C@@H](C)[C@H]4NC(=O)OC(C)(C)C)cnc12. The van der Waals surface area contributed by atoms with Gasteiger partial charge in [-0.1, -0.05) is 27.3 Å². The van der Waals surface area contributed by atoms with Crippen LogP contribution < -0.4 is 50.7 Å². The largest absolute Gasteiger partial charge is 0.444 e. The molecule has 0 aliphatic carbocycles. The lowest BCUT2D eigenvalue weighted by atomic mass is 9.73. The molecule has 5 N–H and O–H groups in total. The van der Waals surface area contributed by atoms with Crippen LogP contribution in [0.4, 0.5) is 72.2 Å². The first-order chi connectivity index (χ1) is 70.7. The molecule has 3 amide bonds. The molecule has 9 saturated heterocycles. The van der Waals surface area contributed by atoms with Gasteiger partial charge in [0.25, 0.3) is 5.82 Å². The molecule has 12 atom stereocenters. The van der Waals surface area contributed by atoms with Crippen molar-refractivity contribution in [1.82, 2.24) is 105 Å². The maximum atomic E-state index is 12.8. The van der Waals surface area contributed by atoms with Crippen LogP contribution in [0, 0.1) is 22.8 Å². The molecular formula is C106H143N29O12. The van der Waals surface area contributed by atoms with Crippen molar-refractivity contribution >= 4 is 115 Å². The van der Waals surface area contributed by atoms with Gasteiger partial charge in [0.2, 0.25) is 0 Å². The van der Waals surface area contributed by atoms with Crippen molar-refractivity contribution in [2.45, 2.75) is 309 Å². The normalized spacial score (nSPS) is 25.9. The van der Waals surface area contributed by atoms with E-state index in [2.05, 4.69) is 114 Å². The summed E-state index contributed by atoms with van der Waals surface area (Å²) in [5.41, 5.74) is 9.98. The van der Waals surface area contributed by atoms with Gasteiger partial charge in [-0.15, -0.1) is 20.3 Å². The Labute approximate surface area is 857 Å². The van der Waals surface area contributed by atoms with Crippen LogP contribution in [0.5, 0.6) is 0 Å². The lowest BCUT2D eigenvalue weighted by molar-refractivity contribution is -0.0369. The molecule has 784 valence electrons. The summed E-state index contributed by atoms with van der Waals surface area (Å²) in [5, 5.41) is 28.4. The Morgan fingerprint density at radius 3 is 1.11 bits per heavy atom. The van der Waals surface area contributed by atoms with Crippen molar-refractivity contribution in [3.05, 3.63) is 102 Å². The van der Waals surface area contributed by atoms with Gasteiger partial charge in [0, 0.05) is 132 Å². The number of rotatable bonds is 14. The third-order valence-corrected chi connectivity index (χ3v) is 31.8. The lowest BCUT2D eigenvalue weighted by Crippen LogP contribution is -2.55. The summed E-state index contributed by atoms with van der Waals surface area (Å²) < 4.78 is 59.8. The number of amides is 3. The minimum Gasteiger partial charge on any atom is -0.444 e. The monoisotopic (exact) mass is 2010 g/mol. The van der Waals surface area contributed by atoms with Crippen LogP contribution in [0.3, 0.4) is 0 Å². The molecule has 147 heavy (non-hydrogen) atoms. The van der Waals surface area contributed by atoms with E-state index in [9.17, 15) is 14.4 Å². The molecule has 23 heterocycles. The second-order valence-corrected chi connectivity index (χ2v) is 45.4. The number of imidazole rings is 1. The molecule has 9 fully saturated rings. The number of H-pyrrole nitrogens is 1. The van der Waals surface area contributed by atoms with Gasteiger partial charge in [0.05, 0.1) is 110 Å². The average Bonchev–Trinajstić information content (AvgIpc) is 1.57. The zero-order valence-corrected chi connectivity index (χ0v) is 87.7. The number of nitrogens with one attached hydrogen (secondary N) is 5. The van der Waals surface area contributed by atoms with Gasteiger partial charge in [-0.2, -0.15) is 0 Å². The van der Waals surface area contributed by atoms with E-state index in [0.29, 0.717) is 62.9 Å².